The van der Waals surface area contributed by atoms with E-state index in [1.54, 1.807) is 0 Å². The lowest BCUT2D eigenvalue weighted by atomic mass is 9.92. The SMILES string of the molecule is CCN(CC)CCCNCC(Cc1ccccc1)c1ccccc1. The van der Waals surface area contributed by atoms with Crippen LogP contribution in [-0.2, 0) is 6.42 Å². The van der Waals surface area contributed by atoms with E-state index in [2.05, 4.69) is 84.7 Å². The number of rotatable bonds is 11. The smallest absolute Gasteiger partial charge is 0.00233 e. The molecule has 2 aromatic carbocycles. The van der Waals surface area contributed by atoms with E-state index in [4.69, 9.17) is 0 Å². The lowest BCUT2D eigenvalue weighted by molar-refractivity contribution is 0.297. The quantitative estimate of drug-likeness (QED) is 0.619. The first-order chi connectivity index (χ1) is 11.8. The van der Waals surface area contributed by atoms with Gasteiger partial charge in [0, 0.05) is 12.5 Å². The maximum absolute atomic E-state index is 3.68. The first-order valence-corrected chi connectivity index (χ1v) is 9.35. The van der Waals surface area contributed by atoms with Gasteiger partial charge in [-0.3, -0.25) is 0 Å². The first kappa shape index (κ1) is 18.7. The molecule has 24 heavy (non-hydrogen) atoms. The molecule has 1 unspecified atom stereocenters. The van der Waals surface area contributed by atoms with Gasteiger partial charge in [0.25, 0.3) is 0 Å². The monoisotopic (exact) mass is 324 g/mol. The predicted molar refractivity (Wildman–Crippen MR) is 105 cm³/mol. The Bertz CT molecular complexity index is 534. The molecular formula is C22H32N2. The lowest BCUT2D eigenvalue weighted by Gasteiger charge is -2.20. The summed E-state index contributed by atoms with van der Waals surface area (Å²) in [6.45, 7) is 10.1. The minimum absolute atomic E-state index is 0.530. The van der Waals surface area contributed by atoms with Crippen LogP contribution in [0, 0.1) is 0 Å². The summed E-state index contributed by atoms with van der Waals surface area (Å²) in [6.07, 6.45) is 2.31. The normalized spacial score (nSPS) is 12.5. The van der Waals surface area contributed by atoms with Crippen LogP contribution < -0.4 is 5.32 Å². The Labute approximate surface area is 147 Å². The average Bonchev–Trinajstić information content (AvgIpc) is 2.65. The summed E-state index contributed by atoms with van der Waals surface area (Å²) in [5.74, 6) is 0.530. The maximum Gasteiger partial charge on any atom is 0.00233 e. The molecule has 0 amide bonds. The Morgan fingerprint density at radius 2 is 1.50 bits per heavy atom. The fourth-order valence-corrected chi connectivity index (χ4v) is 3.18. The van der Waals surface area contributed by atoms with Crippen LogP contribution in [-0.4, -0.2) is 37.6 Å². The lowest BCUT2D eigenvalue weighted by Crippen LogP contribution is -2.29. The summed E-state index contributed by atoms with van der Waals surface area (Å²) in [5, 5.41) is 3.68. The molecule has 1 atom stereocenters. The van der Waals surface area contributed by atoms with E-state index in [-0.39, 0.29) is 0 Å². The predicted octanol–water partition coefficient (Wildman–Crippen LogP) is 4.33. The summed E-state index contributed by atoms with van der Waals surface area (Å²) in [4.78, 5) is 2.49. The molecule has 0 aromatic heterocycles. The van der Waals surface area contributed by atoms with Crippen LogP contribution in [0.15, 0.2) is 60.7 Å². The molecule has 0 radical (unpaired) electrons. The molecule has 0 aliphatic heterocycles. The summed E-state index contributed by atoms with van der Waals surface area (Å²) < 4.78 is 0. The first-order valence-electron chi connectivity index (χ1n) is 9.35. The van der Waals surface area contributed by atoms with Crippen molar-refractivity contribution in [3.05, 3.63) is 71.8 Å². The summed E-state index contributed by atoms with van der Waals surface area (Å²) in [7, 11) is 0. The molecule has 0 fully saturated rings. The van der Waals surface area contributed by atoms with Gasteiger partial charge in [0.05, 0.1) is 0 Å². The van der Waals surface area contributed by atoms with Crippen molar-refractivity contribution in [3.63, 3.8) is 0 Å². The summed E-state index contributed by atoms with van der Waals surface area (Å²) >= 11 is 0. The number of hydrogen-bond donors (Lipinski definition) is 1. The van der Waals surface area contributed by atoms with E-state index in [0.717, 1.165) is 32.6 Å². The molecule has 2 heteroatoms. The highest BCUT2D eigenvalue weighted by molar-refractivity contribution is 5.24. The second-order valence-electron chi connectivity index (χ2n) is 6.38. The van der Waals surface area contributed by atoms with Crippen LogP contribution in [0.5, 0.6) is 0 Å². The molecule has 0 saturated carbocycles. The molecule has 0 aliphatic carbocycles. The van der Waals surface area contributed by atoms with E-state index in [1.807, 2.05) is 0 Å². The van der Waals surface area contributed by atoms with Gasteiger partial charge in [0.15, 0.2) is 0 Å². The van der Waals surface area contributed by atoms with Gasteiger partial charge < -0.3 is 10.2 Å². The van der Waals surface area contributed by atoms with Gasteiger partial charge >= 0.3 is 0 Å². The maximum atomic E-state index is 3.68. The van der Waals surface area contributed by atoms with Crippen LogP contribution in [0.1, 0.15) is 37.3 Å². The Balaban J connectivity index is 1.85. The van der Waals surface area contributed by atoms with Crippen molar-refractivity contribution in [3.8, 4) is 0 Å². The van der Waals surface area contributed by atoms with E-state index in [9.17, 15) is 0 Å². The molecule has 130 valence electrons. The number of nitrogens with zero attached hydrogens (tertiary/aromatic N) is 1. The highest BCUT2D eigenvalue weighted by Crippen LogP contribution is 2.20. The van der Waals surface area contributed by atoms with E-state index in [1.165, 1.54) is 24.1 Å². The number of hydrogen-bond acceptors (Lipinski definition) is 2. The third-order valence-electron chi connectivity index (χ3n) is 4.71. The molecule has 0 spiro atoms. The van der Waals surface area contributed by atoms with Gasteiger partial charge in [-0.2, -0.15) is 0 Å². The Morgan fingerprint density at radius 3 is 2.12 bits per heavy atom. The zero-order valence-corrected chi connectivity index (χ0v) is 15.2. The standard InChI is InChI=1S/C22H32N2/c1-3-24(4-2)17-11-16-23-19-22(21-14-9-6-10-15-21)18-20-12-7-5-8-13-20/h5-10,12-15,22-23H,3-4,11,16-19H2,1-2H3. The minimum atomic E-state index is 0.530. The number of benzene rings is 2. The Morgan fingerprint density at radius 1 is 0.875 bits per heavy atom. The van der Waals surface area contributed by atoms with Crippen molar-refractivity contribution in [1.29, 1.82) is 0 Å². The number of nitrogens with one attached hydrogen (secondary N) is 1. The molecule has 0 heterocycles. The van der Waals surface area contributed by atoms with Gasteiger partial charge in [-0.15, -0.1) is 0 Å². The molecular weight excluding hydrogens is 292 g/mol. The van der Waals surface area contributed by atoms with Gasteiger partial charge in [-0.05, 0) is 50.1 Å². The Kier molecular flexibility index (Phi) is 8.58. The molecule has 1 N–H and O–H groups in total. The van der Waals surface area contributed by atoms with E-state index < -0.39 is 0 Å². The summed E-state index contributed by atoms with van der Waals surface area (Å²) in [5.41, 5.74) is 2.84. The largest absolute Gasteiger partial charge is 0.316 e. The molecule has 0 bridgehead atoms. The zero-order chi connectivity index (χ0) is 17.0. The van der Waals surface area contributed by atoms with Crippen LogP contribution in [0.25, 0.3) is 0 Å². The van der Waals surface area contributed by atoms with Crippen molar-refractivity contribution in [2.75, 3.05) is 32.7 Å². The molecule has 0 aliphatic rings. The second kappa shape index (κ2) is 11.0. The van der Waals surface area contributed by atoms with Crippen molar-refractivity contribution < 1.29 is 0 Å². The third kappa shape index (κ3) is 6.46. The molecule has 2 rings (SSSR count). The molecule has 2 aromatic rings. The van der Waals surface area contributed by atoms with Gasteiger partial charge in [-0.1, -0.05) is 74.5 Å². The van der Waals surface area contributed by atoms with E-state index >= 15 is 0 Å². The Hall–Kier alpha value is -1.64. The van der Waals surface area contributed by atoms with Crippen molar-refractivity contribution in [2.24, 2.45) is 0 Å². The second-order valence-corrected chi connectivity index (χ2v) is 6.38. The highest BCUT2D eigenvalue weighted by atomic mass is 15.1. The topological polar surface area (TPSA) is 15.3 Å². The van der Waals surface area contributed by atoms with Gasteiger partial charge in [0.2, 0.25) is 0 Å². The third-order valence-corrected chi connectivity index (χ3v) is 4.71. The fraction of sp³-hybridized carbons (Fsp3) is 0.455. The van der Waals surface area contributed by atoms with E-state index in [0.29, 0.717) is 5.92 Å². The molecule has 2 nitrogen and oxygen atoms in total. The van der Waals surface area contributed by atoms with Crippen LogP contribution in [0.3, 0.4) is 0 Å². The average molecular weight is 325 g/mol. The minimum Gasteiger partial charge on any atom is -0.316 e. The van der Waals surface area contributed by atoms with Crippen LogP contribution in [0.2, 0.25) is 0 Å². The fourth-order valence-electron chi connectivity index (χ4n) is 3.18. The van der Waals surface area contributed by atoms with Crippen molar-refractivity contribution >= 4 is 0 Å². The zero-order valence-electron chi connectivity index (χ0n) is 15.2. The highest BCUT2D eigenvalue weighted by Gasteiger charge is 2.12. The molecule has 0 saturated heterocycles. The van der Waals surface area contributed by atoms with Crippen molar-refractivity contribution in [1.82, 2.24) is 10.2 Å². The van der Waals surface area contributed by atoms with Gasteiger partial charge in [-0.25, -0.2) is 0 Å². The summed E-state index contributed by atoms with van der Waals surface area (Å²) in [6, 6.07) is 21.7. The van der Waals surface area contributed by atoms with Crippen molar-refractivity contribution in [2.45, 2.75) is 32.6 Å². The van der Waals surface area contributed by atoms with Crippen LogP contribution in [0.4, 0.5) is 0 Å². The van der Waals surface area contributed by atoms with Gasteiger partial charge in [0.1, 0.15) is 0 Å². The van der Waals surface area contributed by atoms with Crippen LogP contribution >= 0.6 is 0 Å².